The Labute approximate surface area is 207 Å². The molecule has 3 aromatic rings. The lowest BCUT2D eigenvalue weighted by molar-refractivity contribution is 0.102. The molecule has 1 saturated heterocycles. The van der Waals surface area contributed by atoms with Crippen molar-refractivity contribution in [3.8, 4) is 0 Å². The number of aromatic nitrogens is 2. The van der Waals surface area contributed by atoms with Crippen LogP contribution < -0.4 is 5.32 Å². The molecule has 1 aliphatic heterocycles. The van der Waals surface area contributed by atoms with Crippen molar-refractivity contribution in [2.75, 3.05) is 25.5 Å². The molecule has 1 N–H and O–H groups in total. The van der Waals surface area contributed by atoms with Gasteiger partial charge in [-0.2, -0.15) is 0 Å². The number of anilines is 2. The van der Waals surface area contributed by atoms with Gasteiger partial charge in [0, 0.05) is 30.5 Å². The van der Waals surface area contributed by atoms with E-state index in [0.717, 1.165) is 68.1 Å². The number of nitrogens with one attached hydrogen (secondary N) is 1. The lowest BCUT2D eigenvalue weighted by Gasteiger charge is -2.30. The van der Waals surface area contributed by atoms with Crippen LogP contribution in [0.2, 0.25) is 0 Å². The van der Waals surface area contributed by atoms with Crippen molar-refractivity contribution in [3.05, 3.63) is 95.5 Å². The van der Waals surface area contributed by atoms with E-state index in [4.69, 9.17) is 4.74 Å². The molecule has 5 rings (SSSR count). The zero-order valence-corrected chi connectivity index (χ0v) is 20.2. The summed E-state index contributed by atoms with van der Waals surface area (Å²) in [6.07, 6.45) is 9.46. The van der Waals surface area contributed by atoms with Crippen LogP contribution in [0.25, 0.3) is 0 Å². The summed E-state index contributed by atoms with van der Waals surface area (Å²) in [5.41, 5.74) is 5.03. The monoisotopic (exact) mass is 468 g/mol. The van der Waals surface area contributed by atoms with Gasteiger partial charge >= 0.3 is 0 Å². The molecule has 2 aliphatic rings. The van der Waals surface area contributed by atoms with E-state index < -0.39 is 0 Å². The molecular formula is C29H32N4O2. The second-order valence-corrected chi connectivity index (χ2v) is 9.37. The molecule has 1 atom stereocenters. The summed E-state index contributed by atoms with van der Waals surface area (Å²) >= 11 is 0. The van der Waals surface area contributed by atoms with Crippen molar-refractivity contribution in [3.63, 3.8) is 0 Å². The van der Waals surface area contributed by atoms with Crippen LogP contribution in [-0.4, -0.2) is 40.9 Å². The van der Waals surface area contributed by atoms with Crippen LogP contribution in [-0.2, 0) is 17.7 Å². The minimum absolute atomic E-state index is 0.0384. The van der Waals surface area contributed by atoms with Crippen molar-refractivity contribution in [2.24, 2.45) is 5.92 Å². The van der Waals surface area contributed by atoms with Gasteiger partial charge in [0.2, 0.25) is 0 Å². The van der Waals surface area contributed by atoms with Crippen LogP contribution in [0.4, 0.5) is 11.5 Å². The van der Waals surface area contributed by atoms with E-state index in [0.29, 0.717) is 11.5 Å². The largest absolute Gasteiger partial charge is 0.375 e. The van der Waals surface area contributed by atoms with Gasteiger partial charge in [-0.05, 0) is 80.6 Å². The Morgan fingerprint density at radius 3 is 2.57 bits per heavy atom. The summed E-state index contributed by atoms with van der Waals surface area (Å²) < 4.78 is 5.52. The SMILES string of the molecule is COC1CCc2c(Nc3ccc(C(=O)/C=C/C4CCN(Cc5ccccc5)CC4)cc3)ncnc21. The number of fused-ring (bicyclic) bond motifs is 1. The van der Waals surface area contributed by atoms with Gasteiger partial charge in [-0.25, -0.2) is 9.97 Å². The molecule has 2 aromatic carbocycles. The van der Waals surface area contributed by atoms with Gasteiger partial charge in [-0.15, -0.1) is 0 Å². The minimum atomic E-state index is 0.0384. The van der Waals surface area contributed by atoms with Gasteiger partial charge in [0.1, 0.15) is 12.1 Å². The number of hydrogen-bond acceptors (Lipinski definition) is 6. The number of ketones is 1. The van der Waals surface area contributed by atoms with Crippen molar-refractivity contribution in [1.82, 2.24) is 14.9 Å². The number of nitrogens with zero attached hydrogens (tertiary/aromatic N) is 3. The number of likely N-dealkylation sites (tertiary alicyclic amines) is 1. The average molecular weight is 469 g/mol. The molecule has 0 bridgehead atoms. The number of rotatable bonds is 8. The van der Waals surface area contributed by atoms with Crippen LogP contribution in [0.5, 0.6) is 0 Å². The van der Waals surface area contributed by atoms with Crippen LogP contribution in [0.3, 0.4) is 0 Å². The predicted molar refractivity (Wildman–Crippen MR) is 138 cm³/mol. The van der Waals surface area contributed by atoms with E-state index in [1.165, 1.54) is 5.56 Å². The highest BCUT2D eigenvalue weighted by Crippen LogP contribution is 2.35. The van der Waals surface area contributed by atoms with Gasteiger partial charge < -0.3 is 10.1 Å². The molecule has 2 heterocycles. The Balaban J connectivity index is 1.13. The zero-order chi connectivity index (χ0) is 24.0. The number of hydrogen-bond donors (Lipinski definition) is 1. The fourth-order valence-corrected chi connectivity index (χ4v) is 5.02. The van der Waals surface area contributed by atoms with Crippen molar-refractivity contribution < 1.29 is 9.53 Å². The lowest BCUT2D eigenvalue weighted by Crippen LogP contribution is -2.32. The molecule has 1 fully saturated rings. The maximum atomic E-state index is 12.7. The normalized spacial score (nSPS) is 18.6. The van der Waals surface area contributed by atoms with Crippen LogP contribution in [0, 0.1) is 5.92 Å². The van der Waals surface area contributed by atoms with Gasteiger partial charge in [-0.3, -0.25) is 9.69 Å². The summed E-state index contributed by atoms with van der Waals surface area (Å²) in [6, 6.07) is 18.2. The minimum Gasteiger partial charge on any atom is -0.375 e. The molecule has 1 aromatic heterocycles. The van der Waals surface area contributed by atoms with E-state index in [1.54, 1.807) is 19.5 Å². The summed E-state index contributed by atoms with van der Waals surface area (Å²) in [6.45, 7) is 3.13. The van der Waals surface area contributed by atoms with E-state index in [1.807, 2.05) is 24.3 Å². The molecule has 1 unspecified atom stereocenters. The molecule has 6 nitrogen and oxygen atoms in total. The molecule has 6 heteroatoms. The predicted octanol–water partition coefficient (Wildman–Crippen LogP) is 5.51. The number of benzene rings is 2. The second-order valence-electron chi connectivity index (χ2n) is 9.37. The average Bonchev–Trinajstić information content (AvgIpc) is 3.33. The van der Waals surface area contributed by atoms with Crippen molar-refractivity contribution >= 4 is 17.3 Å². The fraction of sp³-hybridized carbons (Fsp3) is 0.345. The molecule has 1 aliphatic carbocycles. The molecular weight excluding hydrogens is 436 g/mol. The summed E-state index contributed by atoms with van der Waals surface area (Å²) in [7, 11) is 1.72. The molecule has 0 amide bonds. The lowest BCUT2D eigenvalue weighted by atomic mass is 9.95. The van der Waals surface area contributed by atoms with E-state index >= 15 is 0 Å². The number of allylic oxidation sites excluding steroid dienone is 2. The first-order valence-electron chi connectivity index (χ1n) is 12.4. The molecule has 0 spiro atoms. The summed E-state index contributed by atoms with van der Waals surface area (Å²) in [4.78, 5) is 24.1. The van der Waals surface area contributed by atoms with Crippen LogP contribution in [0.1, 0.15) is 52.5 Å². The van der Waals surface area contributed by atoms with Gasteiger partial charge in [-0.1, -0.05) is 36.4 Å². The maximum Gasteiger partial charge on any atom is 0.185 e. The highest BCUT2D eigenvalue weighted by Gasteiger charge is 2.26. The number of piperidine rings is 1. The smallest absolute Gasteiger partial charge is 0.185 e. The fourth-order valence-electron chi connectivity index (χ4n) is 5.02. The standard InChI is InChI=1S/C29H32N4O2/c1-35-27-14-12-25-28(27)30-20-31-29(25)32-24-10-8-23(9-11-24)26(34)13-7-21-15-17-33(18-16-21)19-22-5-3-2-4-6-22/h2-11,13,20-21,27H,12,14-19H2,1H3,(H,30,31,32)/b13-7+. The van der Waals surface area contributed by atoms with Gasteiger partial charge in [0.25, 0.3) is 0 Å². The molecule has 180 valence electrons. The summed E-state index contributed by atoms with van der Waals surface area (Å²) in [5, 5.41) is 3.38. The number of methoxy groups -OCH3 is 1. The number of carbonyl (C=O) groups is 1. The molecule has 0 radical (unpaired) electrons. The van der Waals surface area contributed by atoms with E-state index in [-0.39, 0.29) is 11.9 Å². The first-order valence-corrected chi connectivity index (χ1v) is 12.4. The van der Waals surface area contributed by atoms with Gasteiger partial charge in [0.15, 0.2) is 5.78 Å². The van der Waals surface area contributed by atoms with Crippen LogP contribution in [0.15, 0.2) is 73.1 Å². The first kappa shape index (κ1) is 23.4. The topological polar surface area (TPSA) is 67.3 Å². The first-order chi connectivity index (χ1) is 17.2. The number of ether oxygens (including phenoxy) is 1. The third-order valence-electron chi connectivity index (χ3n) is 7.06. The van der Waals surface area contributed by atoms with E-state index in [2.05, 4.69) is 56.6 Å². The Morgan fingerprint density at radius 1 is 1.06 bits per heavy atom. The quantitative estimate of drug-likeness (QED) is 0.348. The molecule has 0 saturated carbocycles. The second kappa shape index (κ2) is 10.9. The Morgan fingerprint density at radius 2 is 1.83 bits per heavy atom. The zero-order valence-electron chi connectivity index (χ0n) is 20.2. The summed E-state index contributed by atoms with van der Waals surface area (Å²) in [5.74, 6) is 1.32. The van der Waals surface area contributed by atoms with Gasteiger partial charge in [0.05, 0.1) is 11.8 Å². The third kappa shape index (κ3) is 5.66. The van der Waals surface area contributed by atoms with Crippen LogP contribution >= 0.6 is 0 Å². The maximum absolute atomic E-state index is 12.7. The Hall–Kier alpha value is -3.35. The molecule has 35 heavy (non-hydrogen) atoms. The van der Waals surface area contributed by atoms with Crippen molar-refractivity contribution in [2.45, 2.75) is 38.3 Å². The van der Waals surface area contributed by atoms with Crippen molar-refractivity contribution in [1.29, 1.82) is 0 Å². The van der Waals surface area contributed by atoms with E-state index in [9.17, 15) is 4.79 Å². The number of carbonyl (C=O) groups excluding carboxylic acids is 1. The Bertz CT molecular complexity index is 1170. The highest BCUT2D eigenvalue weighted by molar-refractivity contribution is 6.04. The Kier molecular flexibility index (Phi) is 7.31. The highest BCUT2D eigenvalue weighted by atomic mass is 16.5. The third-order valence-corrected chi connectivity index (χ3v) is 7.06.